The first kappa shape index (κ1) is 16.2. The van der Waals surface area contributed by atoms with Gasteiger partial charge in [-0.05, 0) is 0 Å². The zero-order valence-electron chi connectivity index (χ0n) is 11.4. The predicted octanol–water partition coefficient (Wildman–Crippen LogP) is -2.69. The van der Waals surface area contributed by atoms with Gasteiger partial charge in [-0.25, -0.2) is 15.0 Å². The first-order valence-electron chi connectivity index (χ1n) is 6.44. The fourth-order valence-electron chi connectivity index (χ4n) is 2.36. The molecule has 1 aliphatic heterocycles. The van der Waals surface area contributed by atoms with Crippen molar-refractivity contribution < 1.29 is 34.4 Å². The molecule has 1 saturated heterocycles. The van der Waals surface area contributed by atoms with Gasteiger partial charge in [-0.2, -0.15) is 0 Å². The molecule has 5 N–H and O–H groups in total. The SMILES string of the molecule is O=P([O-])(O)Nc1ncnc2c1ncn2[C@@H]1O[C@H](CO)[C@@H](O)[C@H]1O. The van der Waals surface area contributed by atoms with Crippen LogP contribution in [0.25, 0.3) is 11.2 Å². The largest absolute Gasteiger partial charge is 0.762 e. The van der Waals surface area contributed by atoms with Crippen LogP contribution in [0.5, 0.6) is 0 Å². The third-order valence-corrected chi connectivity index (χ3v) is 3.89. The molecule has 3 rings (SSSR count). The number of hydrogen-bond acceptors (Lipinski definition) is 9. The number of anilines is 1. The van der Waals surface area contributed by atoms with E-state index in [0.29, 0.717) is 0 Å². The van der Waals surface area contributed by atoms with E-state index in [1.807, 2.05) is 0 Å². The molecule has 2 aromatic heterocycles. The highest BCUT2D eigenvalue weighted by molar-refractivity contribution is 7.52. The molecule has 0 aromatic carbocycles. The third-order valence-electron chi connectivity index (χ3n) is 3.40. The number of nitrogens with one attached hydrogen (secondary N) is 1. The van der Waals surface area contributed by atoms with Crippen molar-refractivity contribution >= 4 is 24.7 Å². The molecule has 0 amide bonds. The van der Waals surface area contributed by atoms with Crippen LogP contribution < -0.4 is 9.98 Å². The molecule has 0 aliphatic carbocycles. The van der Waals surface area contributed by atoms with Gasteiger partial charge in [0, 0.05) is 0 Å². The summed E-state index contributed by atoms with van der Waals surface area (Å²) in [6, 6.07) is 0. The van der Waals surface area contributed by atoms with Crippen molar-refractivity contribution in [2.24, 2.45) is 0 Å². The molecule has 1 unspecified atom stereocenters. The minimum atomic E-state index is -4.84. The average Bonchev–Trinajstić information content (AvgIpc) is 3.01. The molecule has 1 aliphatic rings. The maximum atomic E-state index is 10.9. The Hall–Kier alpha value is -1.66. The summed E-state index contributed by atoms with van der Waals surface area (Å²) in [5, 5.41) is 30.7. The molecule has 5 atom stereocenters. The van der Waals surface area contributed by atoms with Gasteiger partial charge in [0.05, 0.1) is 12.9 Å². The second kappa shape index (κ2) is 5.76. The Kier molecular flexibility index (Phi) is 4.06. The van der Waals surface area contributed by atoms with E-state index >= 15 is 0 Å². The second-order valence-electron chi connectivity index (χ2n) is 4.91. The van der Waals surface area contributed by atoms with Crippen molar-refractivity contribution in [3.8, 4) is 0 Å². The maximum absolute atomic E-state index is 10.9. The summed E-state index contributed by atoms with van der Waals surface area (Å²) in [5.41, 5.74) is 0.112. The van der Waals surface area contributed by atoms with Gasteiger partial charge >= 0.3 is 0 Å². The monoisotopic (exact) mass is 346 g/mol. The van der Waals surface area contributed by atoms with Gasteiger partial charge in [0.15, 0.2) is 23.2 Å². The standard InChI is InChI=1S/C10H14N5O7P/c16-1-4-6(17)7(18)10(22-4)15-3-13-5-8(14-23(19,20)21)11-2-12-9(5)15/h2-4,6-7,10,16-18H,1H2,(H3,11,12,14,19,20,21)/p-1/t4-,6-,7-,10-/m1/s1. The van der Waals surface area contributed by atoms with Crippen LogP contribution in [0.15, 0.2) is 12.7 Å². The second-order valence-corrected chi connectivity index (χ2v) is 6.17. The Morgan fingerprint density at radius 1 is 1.35 bits per heavy atom. The molecule has 0 saturated carbocycles. The van der Waals surface area contributed by atoms with E-state index < -0.39 is 38.9 Å². The van der Waals surface area contributed by atoms with Crippen molar-refractivity contribution in [2.75, 3.05) is 11.7 Å². The smallest absolute Gasteiger partial charge is 0.228 e. The molecular weight excluding hydrogens is 333 g/mol. The lowest BCUT2D eigenvalue weighted by molar-refractivity contribution is -0.191. The number of ether oxygens (including phenoxy) is 1. The summed E-state index contributed by atoms with van der Waals surface area (Å²) >= 11 is 0. The highest BCUT2D eigenvalue weighted by atomic mass is 31.2. The van der Waals surface area contributed by atoms with Gasteiger partial charge in [-0.15, -0.1) is 0 Å². The summed E-state index contributed by atoms with van der Waals surface area (Å²) < 4.78 is 17.6. The third kappa shape index (κ3) is 2.93. The highest BCUT2D eigenvalue weighted by Gasteiger charge is 2.44. The van der Waals surface area contributed by atoms with Crippen molar-refractivity contribution in [2.45, 2.75) is 24.5 Å². The van der Waals surface area contributed by atoms with E-state index in [4.69, 9.17) is 14.7 Å². The molecule has 3 heterocycles. The minimum absolute atomic E-state index is 0.00960. The Morgan fingerprint density at radius 3 is 2.70 bits per heavy atom. The fourth-order valence-corrected chi connectivity index (χ4v) is 2.79. The summed E-state index contributed by atoms with van der Waals surface area (Å²) in [5.74, 6) is -0.249. The van der Waals surface area contributed by atoms with E-state index in [0.717, 1.165) is 6.33 Å². The topological polar surface area (TPSA) is 186 Å². The van der Waals surface area contributed by atoms with Crippen molar-refractivity contribution in [3.63, 3.8) is 0 Å². The van der Waals surface area contributed by atoms with Gasteiger partial charge in [0.1, 0.15) is 24.6 Å². The quantitative estimate of drug-likeness (QED) is 0.363. The normalized spacial score (nSPS) is 30.5. The maximum Gasteiger partial charge on any atom is 0.228 e. The van der Waals surface area contributed by atoms with Crippen LogP contribution >= 0.6 is 7.75 Å². The lowest BCUT2D eigenvalue weighted by Crippen LogP contribution is -2.33. The molecule has 12 nitrogen and oxygen atoms in total. The number of imidazole rings is 1. The Bertz CT molecular complexity index is 763. The Morgan fingerprint density at radius 2 is 2.09 bits per heavy atom. The van der Waals surface area contributed by atoms with E-state index in [1.165, 1.54) is 10.9 Å². The van der Waals surface area contributed by atoms with Crippen LogP contribution in [0.3, 0.4) is 0 Å². The highest BCUT2D eigenvalue weighted by Crippen LogP contribution is 2.35. The molecule has 1 fully saturated rings. The molecule has 23 heavy (non-hydrogen) atoms. The molecule has 2 aromatic rings. The number of fused-ring (bicyclic) bond motifs is 1. The zero-order valence-corrected chi connectivity index (χ0v) is 12.3. The molecule has 13 heteroatoms. The van der Waals surface area contributed by atoms with E-state index in [9.17, 15) is 19.7 Å². The predicted molar refractivity (Wildman–Crippen MR) is 71.8 cm³/mol. The number of aromatic nitrogens is 4. The van der Waals surface area contributed by atoms with Crippen LogP contribution in [0.4, 0.5) is 5.82 Å². The lowest BCUT2D eigenvalue weighted by atomic mass is 10.1. The summed E-state index contributed by atoms with van der Waals surface area (Å²) in [7, 11) is -4.84. The number of aliphatic hydroxyl groups excluding tert-OH is 3. The molecular formula is C10H13N5O7P-. The van der Waals surface area contributed by atoms with Crippen LogP contribution in [0, 0.1) is 0 Å². The number of aliphatic hydroxyl groups is 3. The van der Waals surface area contributed by atoms with Gasteiger partial charge in [0.2, 0.25) is 7.75 Å². The van der Waals surface area contributed by atoms with Crippen LogP contribution in [0.1, 0.15) is 6.23 Å². The van der Waals surface area contributed by atoms with Gasteiger partial charge < -0.3 is 34.9 Å². The van der Waals surface area contributed by atoms with Crippen molar-refractivity contribution in [1.82, 2.24) is 19.5 Å². The minimum Gasteiger partial charge on any atom is -0.762 e. The average molecular weight is 346 g/mol. The van der Waals surface area contributed by atoms with Gasteiger partial charge in [0.25, 0.3) is 0 Å². The first-order valence-corrected chi connectivity index (χ1v) is 8.01. The van der Waals surface area contributed by atoms with E-state index in [1.54, 1.807) is 5.09 Å². The van der Waals surface area contributed by atoms with Crippen molar-refractivity contribution in [3.05, 3.63) is 12.7 Å². The molecule has 0 bridgehead atoms. The summed E-state index contributed by atoms with van der Waals surface area (Å²) in [6.07, 6.45) is -2.48. The summed E-state index contributed by atoms with van der Waals surface area (Å²) in [6.45, 7) is -0.493. The Balaban J connectivity index is 2.01. The van der Waals surface area contributed by atoms with E-state index in [2.05, 4.69) is 15.0 Å². The number of rotatable bonds is 4. The molecule has 0 radical (unpaired) electrons. The van der Waals surface area contributed by atoms with Crippen LogP contribution in [-0.4, -0.2) is 64.7 Å². The Labute approximate surface area is 128 Å². The van der Waals surface area contributed by atoms with Gasteiger partial charge in [-0.1, -0.05) is 0 Å². The van der Waals surface area contributed by atoms with Crippen LogP contribution in [-0.2, 0) is 9.30 Å². The fraction of sp³-hybridized carbons (Fsp3) is 0.500. The lowest BCUT2D eigenvalue weighted by Gasteiger charge is -2.18. The summed E-state index contributed by atoms with van der Waals surface area (Å²) in [4.78, 5) is 31.3. The van der Waals surface area contributed by atoms with Gasteiger partial charge in [-0.3, -0.25) is 9.13 Å². The van der Waals surface area contributed by atoms with E-state index in [-0.39, 0.29) is 17.0 Å². The number of hydrogen-bond donors (Lipinski definition) is 5. The molecule has 0 spiro atoms. The molecule has 126 valence electrons. The zero-order chi connectivity index (χ0) is 16.8. The number of nitrogens with zero attached hydrogens (tertiary/aromatic N) is 4. The first-order chi connectivity index (χ1) is 10.8. The van der Waals surface area contributed by atoms with Crippen LogP contribution in [0.2, 0.25) is 0 Å². The van der Waals surface area contributed by atoms with Crippen molar-refractivity contribution in [1.29, 1.82) is 0 Å².